The number of likely N-dealkylation sites (tertiary alicyclic amines) is 1. The van der Waals surface area contributed by atoms with Gasteiger partial charge in [-0.25, -0.2) is 0 Å². The first kappa shape index (κ1) is 14.6. The van der Waals surface area contributed by atoms with Crippen LogP contribution in [0.5, 0.6) is 0 Å². The second-order valence-corrected chi connectivity index (χ2v) is 6.40. The van der Waals surface area contributed by atoms with Crippen molar-refractivity contribution in [1.82, 2.24) is 25.2 Å². The molecule has 8 heteroatoms. The van der Waals surface area contributed by atoms with Gasteiger partial charge in [0.2, 0.25) is 5.89 Å². The Morgan fingerprint density at radius 1 is 1.43 bits per heavy atom. The van der Waals surface area contributed by atoms with Gasteiger partial charge >= 0.3 is 0 Å². The topological polar surface area (TPSA) is 77.2 Å². The van der Waals surface area contributed by atoms with Gasteiger partial charge in [-0.2, -0.15) is 4.98 Å². The Morgan fingerprint density at radius 3 is 3.10 bits per heavy atom. The lowest BCUT2D eigenvalue weighted by Crippen LogP contribution is -2.23. The molecule has 2 aromatic heterocycles. The zero-order valence-electron chi connectivity index (χ0n) is 12.3. The molecule has 1 atom stereocenters. The lowest BCUT2D eigenvalue weighted by Gasteiger charge is -2.19. The van der Waals surface area contributed by atoms with Crippen LogP contribution in [0.4, 0.5) is 0 Å². The third kappa shape index (κ3) is 3.45. The number of methoxy groups -OCH3 is 1. The number of aromatic nitrogens is 4. The van der Waals surface area contributed by atoms with Crippen molar-refractivity contribution in [3.8, 4) is 0 Å². The first-order valence-corrected chi connectivity index (χ1v) is 7.92. The van der Waals surface area contributed by atoms with E-state index in [2.05, 4.69) is 25.2 Å². The van der Waals surface area contributed by atoms with Crippen LogP contribution in [0.3, 0.4) is 0 Å². The summed E-state index contributed by atoms with van der Waals surface area (Å²) in [6.07, 6.45) is 2.87. The van der Waals surface area contributed by atoms with Crippen LogP contribution >= 0.6 is 11.3 Å². The summed E-state index contributed by atoms with van der Waals surface area (Å²) in [5.41, 5.74) is 0. The Hall–Kier alpha value is -1.38. The van der Waals surface area contributed by atoms with Gasteiger partial charge in [-0.3, -0.25) is 4.90 Å². The normalized spacial score (nSPS) is 19.4. The van der Waals surface area contributed by atoms with Crippen LogP contribution in [0.2, 0.25) is 0 Å². The van der Waals surface area contributed by atoms with E-state index in [1.165, 1.54) is 0 Å². The molecule has 0 amide bonds. The average molecular weight is 309 g/mol. The summed E-state index contributed by atoms with van der Waals surface area (Å²) in [6.45, 7) is 4.41. The van der Waals surface area contributed by atoms with Crippen molar-refractivity contribution in [3.05, 3.63) is 21.7 Å². The maximum absolute atomic E-state index is 5.43. The van der Waals surface area contributed by atoms with Crippen LogP contribution in [0, 0.1) is 6.92 Å². The summed E-state index contributed by atoms with van der Waals surface area (Å²) in [4.78, 5) is 6.84. The Balaban J connectivity index is 1.67. The van der Waals surface area contributed by atoms with Gasteiger partial charge in [-0.1, -0.05) is 5.16 Å². The highest BCUT2D eigenvalue weighted by Crippen LogP contribution is 2.32. The lowest BCUT2D eigenvalue weighted by molar-refractivity contribution is 0.196. The average Bonchev–Trinajstić information content (AvgIpc) is 3.18. The van der Waals surface area contributed by atoms with E-state index >= 15 is 0 Å². The van der Waals surface area contributed by atoms with Crippen molar-refractivity contribution in [1.29, 1.82) is 0 Å². The minimum absolute atomic E-state index is 0.193. The summed E-state index contributed by atoms with van der Waals surface area (Å²) in [6, 6.07) is 0.193. The molecule has 2 aromatic rings. The van der Waals surface area contributed by atoms with E-state index < -0.39 is 0 Å². The number of hydrogen-bond acceptors (Lipinski definition) is 8. The van der Waals surface area contributed by atoms with Gasteiger partial charge in [0, 0.05) is 13.5 Å². The van der Waals surface area contributed by atoms with Gasteiger partial charge in [-0.05, 0) is 26.3 Å². The highest BCUT2D eigenvalue weighted by atomic mass is 32.1. The predicted octanol–water partition coefficient (Wildman–Crippen LogP) is 1.76. The van der Waals surface area contributed by atoms with Crippen molar-refractivity contribution in [3.63, 3.8) is 0 Å². The lowest BCUT2D eigenvalue weighted by atomic mass is 10.2. The van der Waals surface area contributed by atoms with Gasteiger partial charge in [0.25, 0.3) is 0 Å². The van der Waals surface area contributed by atoms with Gasteiger partial charge in [0.1, 0.15) is 10.0 Å². The Kier molecular flexibility index (Phi) is 4.57. The molecule has 0 spiro atoms. The molecule has 0 radical (unpaired) electrons. The molecular formula is C13H19N5O2S. The van der Waals surface area contributed by atoms with E-state index in [1.807, 2.05) is 6.92 Å². The van der Waals surface area contributed by atoms with Gasteiger partial charge in [0.15, 0.2) is 5.82 Å². The Labute approximate surface area is 127 Å². The molecule has 1 aliphatic rings. The zero-order valence-corrected chi connectivity index (χ0v) is 13.1. The number of ether oxygens (including phenoxy) is 1. The van der Waals surface area contributed by atoms with Crippen LogP contribution in [-0.4, -0.2) is 45.5 Å². The highest BCUT2D eigenvalue weighted by Gasteiger charge is 2.31. The summed E-state index contributed by atoms with van der Waals surface area (Å²) < 4.78 is 10.5. The van der Waals surface area contributed by atoms with Crippen LogP contribution < -0.4 is 0 Å². The molecule has 0 saturated carbocycles. The molecule has 21 heavy (non-hydrogen) atoms. The summed E-state index contributed by atoms with van der Waals surface area (Å²) in [5, 5.41) is 14.3. The number of rotatable bonds is 6. The second-order valence-electron chi connectivity index (χ2n) is 5.13. The van der Waals surface area contributed by atoms with E-state index in [0.29, 0.717) is 24.7 Å². The van der Waals surface area contributed by atoms with Crippen molar-refractivity contribution in [2.24, 2.45) is 0 Å². The fraction of sp³-hybridized carbons (Fsp3) is 0.692. The largest absolute Gasteiger partial charge is 0.384 e. The van der Waals surface area contributed by atoms with Crippen LogP contribution in [-0.2, 0) is 17.7 Å². The maximum atomic E-state index is 5.43. The van der Waals surface area contributed by atoms with Gasteiger partial charge in [0.05, 0.1) is 19.2 Å². The molecular weight excluding hydrogens is 290 g/mol. The van der Waals surface area contributed by atoms with Crippen LogP contribution in [0.25, 0.3) is 0 Å². The second kappa shape index (κ2) is 6.59. The minimum Gasteiger partial charge on any atom is -0.384 e. The number of hydrogen-bond donors (Lipinski definition) is 0. The third-order valence-corrected chi connectivity index (χ3v) is 4.39. The van der Waals surface area contributed by atoms with Crippen molar-refractivity contribution in [2.75, 3.05) is 20.3 Å². The minimum atomic E-state index is 0.193. The molecule has 3 heterocycles. The maximum Gasteiger partial charge on any atom is 0.244 e. The summed E-state index contributed by atoms with van der Waals surface area (Å²) >= 11 is 1.64. The van der Waals surface area contributed by atoms with E-state index in [0.717, 1.165) is 35.9 Å². The van der Waals surface area contributed by atoms with E-state index in [-0.39, 0.29) is 6.04 Å². The molecule has 1 saturated heterocycles. The van der Waals surface area contributed by atoms with Gasteiger partial charge < -0.3 is 9.26 Å². The standard InChI is InChI=1S/C13H19N5O2S/c1-9-15-16-12(21-9)8-18-6-3-4-10(18)13-14-11(17-20-13)5-7-19-2/h10H,3-8H2,1-2H3/t10-/m0/s1. The molecule has 1 aliphatic heterocycles. The predicted molar refractivity (Wildman–Crippen MR) is 76.9 cm³/mol. The van der Waals surface area contributed by atoms with Gasteiger partial charge in [-0.15, -0.1) is 21.5 Å². The first-order chi connectivity index (χ1) is 10.3. The smallest absolute Gasteiger partial charge is 0.244 e. The van der Waals surface area contributed by atoms with Crippen molar-refractivity contribution < 1.29 is 9.26 Å². The Morgan fingerprint density at radius 2 is 2.33 bits per heavy atom. The first-order valence-electron chi connectivity index (χ1n) is 7.10. The molecule has 0 N–H and O–H groups in total. The Bertz CT molecular complexity index is 585. The number of aryl methyl sites for hydroxylation is 1. The fourth-order valence-corrected chi connectivity index (χ4v) is 3.30. The van der Waals surface area contributed by atoms with E-state index in [4.69, 9.17) is 9.26 Å². The van der Waals surface area contributed by atoms with Crippen molar-refractivity contribution >= 4 is 11.3 Å². The quantitative estimate of drug-likeness (QED) is 0.804. The van der Waals surface area contributed by atoms with Crippen LogP contribution in [0.1, 0.15) is 40.6 Å². The monoisotopic (exact) mass is 309 g/mol. The van der Waals surface area contributed by atoms with Crippen LogP contribution in [0.15, 0.2) is 4.52 Å². The summed E-state index contributed by atoms with van der Waals surface area (Å²) in [7, 11) is 1.67. The molecule has 0 aromatic carbocycles. The van der Waals surface area contributed by atoms with Crippen molar-refractivity contribution in [2.45, 2.75) is 38.8 Å². The SMILES string of the molecule is COCCc1noc([C@@H]2CCCN2Cc2nnc(C)s2)n1. The number of nitrogens with zero attached hydrogens (tertiary/aromatic N) is 5. The molecule has 7 nitrogen and oxygen atoms in total. The summed E-state index contributed by atoms with van der Waals surface area (Å²) in [5.74, 6) is 1.42. The zero-order chi connectivity index (χ0) is 14.7. The van der Waals surface area contributed by atoms with E-state index in [9.17, 15) is 0 Å². The highest BCUT2D eigenvalue weighted by molar-refractivity contribution is 7.11. The fourth-order valence-electron chi connectivity index (χ4n) is 2.57. The molecule has 0 bridgehead atoms. The molecule has 0 unspecified atom stereocenters. The molecule has 3 rings (SSSR count). The molecule has 1 fully saturated rings. The third-order valence-electron chi connectivity index (χ3n) is 3.57. The van der Waals surface area contributed by atoms with E-state index in [1.54, 1.807) is 18.4 Å². The molecule has 114 valence electrons. The molecule has 0 aliphatic carbocycles.